The molecule has 168 valence electrons. The standard InChI is InChI=1S/C23H30FN3O3S/c1-3-22(27(31(2,29)30)21-12-10-20(24)11-13-21)23(28)25-16-18-8-4-5-9-19(18)17-26-14-6-7-15-26/h4-5,8-13,22H,3,6-7,14-17H2,1-2H3,(H,25,28)/t22-/m0/s1. The molecule has 1 atom stereocenters. The van der Waals surface area contributed by atoms with Crippen LogP contribution in [-0.2, 0) is 27.9 Å². The molecule has 1 N–H and O–H groups in total. The first-order valence-electron chi connectivity index (χ1n) is 10.6. The zero-order valence-corrected chi connectivity index (χ0v) is 18.9. The van der Waals surface area contributed by atoms with Gasteiger partial charge in [-0.1, -0.05) is 31.2 Å². The molecule has 2 aromatic carbocycles. The van der Waals surface area contributed by atoms with Gasteiger partial charge in [0.05, 0.1) is 11.9 Å². The summed E-state index contributed by atoms with van der Waals surface area (Å²) < 4.78 is 39.4. The maximum Gasteiger partial charge on any atom is 0.244 e. The summed E-state index contributed by atoms with van der Waals surface area (Å²) in [7, 11) is -3.75. The van der Waals surface area contributed by atoms with Gasteiger partial charge in [0.2, 0.25) is 15.9 Å². The van der Waals surface area contributed by atoms with Crippen LogP contribution in [0.2, 0.25) is 0 Å². The third kappa shape index (κ3) is 6.04. The molecule has 6 nitrogen and oxygen atoms in total. The smallest absolute Gasteiger partial charge is 0.244 e. The van der Waals surface area contributed by atoms with Crippen LogP contribution in [0.1, 0.15) is 37.3 Å². The van der Waals surface area contributed by atoms with Crippen molar-refractivity contribution in [3.05, 3.63) is 65.5 Å². The van der Waals surface area contributed by atoms with E-state index in [9.17, 15) is 17.6 Å². The van der Waals surface area contributed by atoms with Gasteiger partial charge in [0.15, 0.2) is 0 Å². The van der Waals surface area contributed by atoms with Crippen LogP contribution in [-0.4, -0.2) is 44.6 Å². The molecular weight excluding hydrogens is 417 g/mol. The summed E-state index contributed by atoms with van der Waals surface area (Å²) in [5.41, 5.74) is 2.45. The van der Waals surface area contributed by atoms with Crippen molar-refractivity contribution in [2.45, 2.75) is 45.3 Å². The molecule has 1 amide bonds. The Morgan fingerprint density at radius 3 is 2.29 bits per heavy atom. The van der Waals surface area contributed by atoms with E-state index < -0.39 is 21.9 Å². The quantitative estimate of drug-likeness (QED) is 0.641. The first-order chi connectivity index (χ1) is 14.8. The van der Waals surface area contributed by atoms with Crippen LogP contribution in [0.15, 0.2) is 48.5 Å². The molecule has 3 rings (SSSR count). The molecule has 0 unspecified atom stereocenters. The number of rotatable bonds is 9. The van der Waals surface area contributed by atoms with Crippen molar-refractivity contribution in [2.24, 2.45) is 0 Å². The second-order valence-electron chi connectivity index (χ2n) is 7.93. The van der Waals surface area contributed by atoms with Gasteiger partial charge >= 0.3 is 0 Å². The fraction of sp³-hybridized carbons (Fsp3) is 0.435. The second-order valence-corrected chi connectivity index (χ2v) is 9.79. The number of hydrogen-bond donors (Lipinski definition) is 1. The van der Waals surface area contributed by atoms with E-state index in [1.54, 1.807) is 6.92 Å². The van der Waals surface area contributed by atoms with Gasteiger partial charge in [0, 0.05) is 13.1 Å². The van der Waals surface area contributed by atoms with E-state index >= 15 is 0 Å². The van der Waals surface area contributed by atoms with E-state index in [1.807, 2.05) is 18.2 Å². The minimum atomic E-state index is -3.75. The first-order valence-corrected chi connectivity index (χ1v) is 12.5. The van der Waals surface area contributed by atoms with Crippen LogP contribution in [0.4, 0.5) is 10.1 Å². The van der Waals surface area contributed by atoms with Crippen LogP contribution in [0, 0.1) is 5.82 Å². The predicted molar refractivity (Wildman–Crippen MR) is 121 cm³/mol. The lowest BCUT2D eigenvalue weighted by atomic mass is 10.1. The van der Waals surface area contributed by atoms with Crippen LogP contribution in [0.5, 0.6) is 0 Å². The Balaban J connectivity index is 1.75. The molecule has 8 heteroatoms. The lowest BCUT2D eigenvalue weighted by Gasteiger charge is -2.30. The van der Waals surface area contributed by atoms with E-state index in [-0.39, 0.29) is 18.0 Å². The van der Waals surface area contributed by atoms with Gasteiger partial charge in [-0.25, -0.2) is 12.8 Å². The molecule has 0 radical (unpaired) electrons. The van der Waals surface area contributed by atoms with Crippen molar-refractivity contribution in [3.63, 3.8) is 0 Å². The lowest BCUT2D eigenvalue weighted by molar-refractivity contribution is -0.122. The number of hydrogen-bond acceptors (Lipinski definition) is 4. The highest BCUT2D eigenvalue weighted by Crippen LogP contribution is 2.23. The van der Waals surface area contributed by atoms with Crippen LogP contribution >= 0.6 is 0 Å². The van der Waals surface area contributed by atoms with Gasteiger partial charge in [-0.15, -0.1) is 0 Å². The number of nitrogens with one attached hydrogen (secondary N) is 1. The average molecular weight is 448 g/mol. The first kappa shape index (κ1) is 23.2. The third-order valence-corrected chi connectivity index (χ3v) is 6.75. The normalized spacial score (nSPS) is 15.6. The number of sulfonamides is 1. The Bertz CT molecular complexity index is 989. The van der Waals surface area contributed by atoms with Crippen LogP contribution in [0.3, 0.4) is 0 Å². The highest BCUT2D eigenvalue weighted by Gasteiger charge is 2.31. The van der Waals surface area contributed by atoms with E-state index in [1.165, 1.54) is 37.1 Å². The number of anilines is 1. The van der Waals surface area contributed by atoms with Crippen LogP contribution < -0.4 is 9.62 Å². The van der Waals surface area contributed by atoms with E-state index in [0.29, 0.717) is 6.54 Å². The zero-order chi connectivity index (χ0) is 22.4. The van der Waals surface area contributed by atoms with Gasteiger partial charge < -0.3 is 5.32 Å². The monoisotopic (exact) mass is 447 g/mol. The fourth-order valence-corrected chi connectivity index (χ4v) is 5.23. The highest BCUT2D eigenvalue weighted by molar-refractivity contribution is 7.92. The Morgan fingerprint density at radius 1 is 1.10 bits per heavy atom. The van der Waals surface area contributed by atoms with Gasteiger partial charge in [0.1, 0.15) is 11.9 Å². The number of carbonyl (C=O) groups is 1. The molecule has 0 spiro atoms. The minimum absolute atomic E-state index is 0.264. The number of benzene rings is 2. The topological polar surface area (TPSA) is 69.7 Å². The summed E-state index contributed by atoms with van der Waals surface area (Å²) in [5, 5.41) is 2.91. The summed E-state index contributed by atoms with van der Waals surface area (Å²) in [6, 6.07) is 12.2. The minimum Gasteiger partial charge on any atom is -0.350 e. The molecule has 1 aliphatic rings. The predicted octanol–water partition coefficient (Wildman–Crippen LogP) is 3.28. The largest absolute Gasteiger partial charge is 0.350 e. The number of amides is 1. The van der Waals surface area contributed by atoms with Gasteiger partial charge in [-0.2, -0.15) is 0 Å². The number of halogens is 1. The molecule has 1 aliphatic heterocycles. The number of nitrogens with zero attached hydrogens (tertiary/aromatic N) is 2. The molecular formula is C23H30FN3O3S. The summed E-state index contributed by atoms with van der Waals surface area (Å²) in [4.78, 5) is 15.4. The summed E-state index contributed by atoms with van der Waals surface area (Å²) >= 11 is 0. The van der Waals surface area contributed by atoms with E-state index in [2.05, 4.69) is 16.3 Å². The van der Waals surface area contributed by atoms with Gasteiger partial charge in [-0.05, 0) is 67.7 Å². The average Bonchev–Trinajstić information content (AvgIpc) is 3.24. The maximum atomic E-state index is 13.3. The molecule has 31 heavy (non-hydrogen) atoms. The summed E-state index contributed by atoms with van der Waals surface area (Å²) in [6.07, 6.45) is 3.76. The van der Waals surface area contributed by atoms with Crippen molar-refractivity contribution in [1.29, 1.82) is 0 Å². The molecule has 0 saturated carbocycles. The molecule has 0 bridgehead atoms. The third-order valence-electron chi connectivity index (χ3n) is 5.57. The molecule has 1 heterocycles. The molecule has 2 aromatic rings. The van der Waals surface area contributed by atoms with E-state index in [4.69, 9.17) is 0 Å². The molecule has 0 aliphatic carbocycles. The Morgan fingerprint density at radius 2 is 1.71 bits per heavy atom. The summed E-state index contributed by atoms with van der Waals surface area (Å²) in [6.45, 7) is 5.08. The lowest BCUT2D eigenvalue weighted by Crippen LogP contribution is -2.49. The van der Waals surface area contributed by atoms with Crippen molar-refractivity contribution in [1.82, 2.24) is 10.2 Å². The molecule has 1 fully saturated rings. The fourth-order valence-electron chi connectivity index (χ4n) is 4.01. The van der Waals surface area contributed by atoms with Crippen molar-refractivity contribution in [2.75, 3.05) is 23.7 Å². The second kappa shape index (κ2) is 10.2. The van der Waals surface area contributed by atoms with Gasteiger partial charge in [0.25, 0.3) is 0 Å². The van der Waals surface area contributed by atoms with Crippen molar-refractivity contribution in [3.8, 4) is 0 Å². The Kier molecular flexibility index (Phi) is 7.67. The SMILES string of the molecule is CC[C@@H](C(=O)NCc1ccccc1CN1CCCC1)N(c1ccc(F)cc1)S(C)(=O)=O. The zero-order valence-electron chi connectivity index (χ0n) is 18.1. The molecule has 0 aromatic heterocycles. The Labute approximate surface area is 184 Å². The number of carbonyl (C=O) groups excluding carboxylic acids is 1. The molecule has 1 saturated heterocycles. The van der Waals surface area contributed by atoms with Crippen molar-refractivity contribution >= 4 is 21.6 Å². The van der Waals surface area contributed by atoms with Crippen LogP contribution in [0.25, 0.3) is 0 Å². The van der Waals surface area contributed by atoms with Gasteiger partial charge in [-0.3, -0.25) is 14.0 Å². The summed E-state index contributed by atoms with van der Waals surface area (Å²) in [5.74, 6) is -0.850. The van der Waals surface area contributed by atoms with E-state index in [0.717, 1.165) is 41.3 Å². The number of likely N-dealkylation sites (tertiary alicyclic amines) is 1. The Hall–Kier alpha value is -2.45. The van der Waals surface area contributed by atoms with Crippen molar-refractivity contribution < 1.29 is 17.6 Å². The highest BCUT2D eigenvalue weighted by atomic mass is 32.2. The maximum absolute atomic E-state index is 13.3.